The topological polar surface area (TPSA) is 84.4 Å². The number of likely N-dealkylation sites (N-methyl/N-ethyl adjacent to an activating group) is 1. The molecule has 0 spiro atoms. The normalized spacial score (nSPS) is 19.3. The Bertz CT molecular complexity index is 420. The highest BCUT2D eigenvalue weighted by molar-refractivity contribution is 5.35. The number of nitrogens with zero attached hydrogens (tertiary/aromatic N) is 4. The number of hydrogen-bond donors (Lipinski definition) is 2. The first kappa shape index (κ1) is 15.7. The Labute approximate surface area is 125 Å². The zero-order chi connectivity index (χ0) is 15.1. The maximum Gasteiger partial charge on any atom is 0.323 e. The summed E-state index contributed by atoms with van der Waals surface area (Å²) in [4.78, 5) is 15.0. The Morgan fingerprint density at radius 1 is 1.24 bits per heavy atom. The molecule has 2 heterocycles. The van der Waals surface area contributed by atoms with Crippen molar-refractivity contribution in [3.8, 4) is 6.01 Å². The number of ether oxygens (including phenoxy) is 2. The molecular weight excluding hydrogens is 272 g/mol. The van der Waals surface area contributed by atoms with Gasteiger partial charge in [-0.2, -0.15) is 15.0 Å². The molecule has 0 radical (unpaired) electrons. The number of nitrogens with one attached hydrogen (secondary N) is 2. The van der Waals surface area contributed by atoms with Crippen molar-refractivity contribution < 1.29 is 9.47 Å². The zero-order valence-electron chi connectivity index (χ0n) is 12.9. The first-order valence-electron chi connectivity index (χ1n) is 7.38. The standard InChI is InChI=1S/C13H24N6O2/c1-4-14-11-16-12(18-13(17-11)20-5-2)15-8-10-9-19(3)6-7-21-10/h10H,4-9H2,1-3H3,(H2,14,15,16,17,18). The molecule has 1 unspecified atom stereocenters. The SMILES string of the molecule is CCNc1nc(NCC2CN(C)CCO2)nc(OCC)n1. The molecule has 1 saturated heterocycles. The van der Waals surface area contributed by atoms with E-state index in [4.69, 9.17) is 9.47 Å². The molecule has 1 aromatic heterocycles. The van der Waals surface area contributed by atoms with Crippen LogP contribution in [0.25, 0.3) is 0 Å². The van der Waals surface area contributed by atoms with E-state index in [2.05, 4.69) is 37.5 Å². The van der Waals surface area contributed by atoms with E-state index in [1.165, 1.54) is 0 Å². The van der Waals surface area contributed by atoms with Crippen LogP contribution >= 0.6 is 0 Å². The molecule has 0 aliphatic carbocycles. The van der Waals surface area contributed by atoms with Gasteiger partial charge in [0.2, 0.25) is 11.9 Å². The molecule has 0 bridgehead atoms. The first-order chi connectivity index (χ1) is 10.2. The Kier molecular flexibility index (Phi) is 5.94. The van der Waals surface area contributed by atoms with Crippen molar-refractivity contribution in [3.05, 3.63) is 0 Å². The molecular formula is C13H24N6O2. The van der Waals surface area contributed by atoms with Gasteiger partial charge in [-0.25, -0.2) is 0 Å². The van der Waals surface area contributed by atoms with Crippen LogP contribution in [0.5, 0.6) is 6.01 Å². The van der Waals surface area contributed by atoms with Gasteiger partial charge < -0.3 is 25.0 Å². The third-order valence-electron chi connectivity index (χ3n) is 3.05. The number of morpholine rings is 1. The van der Waals surface area contributed by atoms with Crippen molar-refractivity contribution in [2.24, 2.45) is 0 Å². The summed E-state index contributed by atoms with van der Waals surface area (Å²) in [5, 5.41) is 6.27. The van der Waals surface area contributed by atoms with Crippen molar-refractivity contribution in [3.63, 3.8) is 0 Å². The molecule has 0 aromatic carbocycles. The van der Waals surface area contributed by atoms with Gasteiger partial charge in [0, 0.05) is 26.2 Å². The minimum absolute atomic E-state index is 0.138. The van der Waals surface area contributed by atoms with Crippen molar-refractivity contribution >= 4 is 11.9 Å². The summed E-state index contributed by atoms with van der Waals surface area (Å²) >= 11 is 0. The minimum atomic E-state index is 0.138. The smallest absolute Gasteiger partial charge is 0.323 e. The third kappa shape index (κ3) is 4.98. The second-order valence-corrected chi connectivity index (χ2v) is 4.86. The van der Waals surface area contributed by atoms with Crippen LogP contribution in [0.3, 0.4) is 0 Å². The summed E-state index contributed by atoms with van der Waals surface area (Å²) in [6.45, 7) is 8.44. The Hall–Kier alpha value is -1.67. The quantitative estimate of drug-likeness (QED) is 0.750. The first-order valence-corrected chi connectivity index (χ1v) is 7.38. The molecule has 2 rings (SSSR count). The molecule has 1 atom stereocenters. The van der Waals surface area contributed by atoms with Gasteiger partial charge in [0.25, 0.3) is 0 Å². The van der Waals surface area contributed by atoms with Gasteiger partial charge in [-0.05, 0) is 20.9 Å². The molecule has 1 aromatic rings. The van der Waals surface area contributed by atoms with Crippen LogP contribution in [-0.2, 0) is 4.74 Å². The predicted molar refractivity (Wildman–Crippen MR) is 80.9 cm³/mol. The van der Waals surface area contributed by atoms with E-state index in [1.54, 1.807) is 0 Å². The van der Waals surface area contributed by atoms with Crippen molar-refractivity contribution in [1.82, 2.24) is 19.9 Å². The fourth-order valence-electron chi connectivity index (χ4n) is 2.06. The van der Waals surface area contributed by atoms with Crippen LogP contribution in [0, 0.1) is 0 Å². The lowest BCUT2D eigenvalue weighted by Gasteiger charge is -2.30. The molecule has 0 amide bonds. The van der Waals surface area contributed by atoms with Crippen LogP contribution in [0.2, 0.25) is 0 Å². The van der Waals surface area contributed by atoms with E-state index in [0.717, 1.165) is 26.2 Å². The second kappa shape index (κ2) is 7.94. The molecule has 8 heteroatoms. The summed E-state index contributed by atoms with van der Waals surface area (Å²) in [6.07, 6.45) is 0.138. The molecule has 8 nitrogen and oxygen atoms in total. The van der Waals surface area contributed by atoms with Crippen molar-refractivity contribution in [2.75, 3.05) is 57.1 Å². The van der Waals surface area contributed by atoms with Crippen molar-refractivity contribution in [1.29, 1.82) is 0 Å². The lowest BCUT2D eigenvalue weighted by Crippen LogP contribution is -2.43. The van der Waals surface area contributed by atoms with Gasteiger partial charge in [-0.15, -0.1) is 0 Å². The second-order valence-electron chi connectivity index (χ2n) is 4.86. The molecule has 21 heavy (non-hydrogen) atoms. The van der Waals surface area contributed by atoms with Crippen LogP contribution in [0.4, 0.5) is 11.9 Å². The highest BCUT2D eigenvalue weighted by Gasteiger charge is 2.18. The van der Waals surface area contributed by atoms with Gasteiger partial charge in [-0.1, -0.05) is 0 Å². The molecule has 1 aliphatic rings. The molecule has 1 aliphatic heterocycles. The summed E-state index contributed by atoms with van der Waals surface area (Å²) < 4.78 is 11.1. The Morgan fingerprint density at radius 2 is 2.00 bits per heavy atom. The van der Waals surface area contributed by atoms with Gasteiger partial charge in [0.1, 0.15) is 0 Å². The van der Waals surface area contributed by atoms with Crippen LogP contribution in [0.15, 0.2) is 0 Å². The van der Waals surface area contributed by atoms with Gasteiger partial charge in [-0.3, -0.25) is 0 Å². The minimum Gasteiger partial charge on any atom is -0.464 e. The van der Waals surface area contributed by atoms with Crippen LogP contribution in [0.1, 0.15) is 13.8 Å². The molecule has 2 N–H and O–H groups in total. The van der Waals surface area contributed by atoms with Crippen LogP contribution < -0.4 is 15.4 Å². The number of anilines is 2. The number of aromatic nitrogens is 3. The average molecular weight is 296 g/mol. The lowest BCUT2D eigenvalue weighted by molar-refractivity contribution is -0.0118. The summed E-state index contributed by atoms with van der Waals surface area (Å²) in [5.74, 6) is 1.02. The summed E-state index contributed by atoms with van der Waals surface area (Å²) in [7, 11) is 2.09. The van der Waals surface area contributed by atoms with E-state index in [-0.39, 0.29) is 6.10 Å². The van der Waals surface area contributed by atoms with Crippen molar-refractivity contribution in [2.45, 2.75) is 20.0 Å². The van der Waals surface area contributed by atoms with Gasteiger partial charge in [0.15, 0.2) is 0 Å². The highest BCUT2D eigenvalue weighted by atomic mass is 16.5. The highest BCUT2D eigenvalue weighted by Crippen LogP contribution is 2.12. The molecule has 1 fully saturated rings. The fraction of sp³-hybridized carbons (Fsp3) is 0.769. The van der Waals surface area contributed by atoms with E-state index >= 15 is 0 Å². The maximum absolute atomic E-state index is 5.70. The number of rotatable bonds is 7. The summed E-state index contributed by atoms with van der Waals surface area (Å²) in [5.41, 5.74) is 0. The molecule has 0 saturated carbocycles. The van der Waals surface area contributed by atoms with Crippen LogP contribution in [-0.4, -0.2) is 72.4 Å². The van der Waals surface area contributed by atoms with E-state index < -0.39 is 0 Å². The largest absolute Gasteiger partial charge is 0.464 e. The van der Waals surface area contributed by atoms with Gasteiger partial charge in [0.05, 0.1) is 19.3 Å². The monoisotopic (exact) mass is 296 g/mol. The zero-order valence-corrected chi connectivity index (χ0v) is 12.9. The maximum atomic E-state index is 5.70. The van der Waals surface area contributed by atoms with Gasteiger partial charge >= 0.3 is 6.01 Å². The third-order valence-corrected chi connectivity index (χ3v) is 3.05. The average Bonchev–Trinajstić information content (AvgIpc) is 2.46. The predicted octanol–water partition coefficient (Wildman–Crippen LogP) is 0.445. The fourth-order valence-corrected chi connectivity index (χ4v) is 2.06. The van der Waals surface area contributed by atoms with E-state index in [0.29, 0.717) is 31.1 Å². The van der Waals surface area contributed by atoms with E-state index in [9.17, 15) is 0 Å². The Balaban J connectivity index is 1.97. The molecule has 118 valence electrons. The lowest BCUT2D eigenvalue weighted by atomic mass is 10.3. The number of hydrogen-bond acceptors (Lipinski definition) is 8. The Morgan fingerprint density at radius 3 is 2.67 bits per heavy atom. The van der Waals surface area contributed by atoms with E-state index in [1.807, 2.05) is 13.8 Å². The summed E-state index contributed by atoms with van der Waals surface area (Å²) in [6, 6.07) is 0.327.